The topological polar surface area (TPSA) is 81.2 Å². The van der Waals surface area contributed by atoms with Crippen molar-refractivity contribution in [1.82, 2.24) is 4.98 Å². The summed E-state index contributed by atoms with van der Waals surface area (Å²) < 4.78 is 12.4. The van der Waals surface area contributed by atoms with Crippen molar-refractivity contribution in [3.8, 4) is 28.7 Å². The number of anilines is 1. The van der Waals surface area contributed by atoms with E-state index in [2.05, 4.69) is 27.0 Å². The Morgan fingerprint density at radius 2 is 1.85 bits per heavy atom. The SMILES string of the molecule is COc1ccc(-c2c(C#N)c(N)nc3c2CCCCCC3)cc1COc1ccc(Cl)cc1Br. The number of rotatable bonds is 5. The average molecular weight is 527 g/mol. The first-order valence-corrected chi connectivity index (χ1v) is 12.2. The molecule has 7 heteroatoms. The van der Waals surface area contributed by atoms with Gasteiger partial charge in [0, 0.05) is 21.8 Å². The summed E-state index contributed by atoms with van der Waals surface area (Å²) in [5.74, 6) is 1.70. The van der Waals surface area contributed by atoms with Gasteiger partial charge in [-0.1, -0.05) is 30.5 Å². The third-order valence-electron chi connectivity index (χ3n) is 5.96. The molecule has 0 amide bonds. The number of benzene rings is 2. The number of hydrogen-bond acceptors (Lipinski definition) is 5. The van der Waals surface area contributed by atoms with Gasteiger partial charge in [-0.3, -0.25) is 0 Å². The van der Waals surface area contributed by atoms with E-state index in [4.69, 9.17) is 26.8 Å². The summed E-state index contributed by atoms with van der Waals surface area (Å²) in [7, 11) is 1.64. The van der Waals surface area contributed by atoms with E-state index < -0.39 is 0 Å². The molecule has 33 heavy (non-hydrogen) atoms. The first-order chi connectivity index (χ1) is 16.0. The van der Waals surface area contributed by atoms with Crippen LogP contribution in [0.3, 0.4) is 0 Å². The van der Waals surface area contributed by atoms with Gasteiger partial charge in [0.25, 0.3) is 0 Å². The maximum absolute atomic E-state index is 9.93. The summed E-state index contributed by atoms with van der Waals surface area (Å²) in [6.45, 7) is 0.294. The molecule has 0 atom stereocenters. The summed E-state index contributed by atoms with van der Waals surface area (Å²) >= 11 is 9.54. The summed E-state index contributed by atoms with van der Waals surface area (Å²) in [6.07, 6.45) is 6.32. The van der Waals surface area contributed by atoms with Crippen molar-refractivity contribution in [2.24, 2.45) is 0 Å². The standard InChI is InChI=1S/C26H25BrClN3O2/c1-32-23-10-8-16(12-17(23)15-33-24-11-9-18(28)13-21(24)27)25-19-6-4-2-3-5-7-22(19)31-26(30)20(25)14-29/h8-13H,2-7,15H2,1H3,(H2,30,31). The smallest absolute Gasteiger partial charge is 0.142 e. The molecule has 170 valence electrons. The molecule has 0 saturated heterocycles. The third-order valence-corrected chi connectivity index (χ3v) is 6.81. The van der Waals surface area contributed by atoms with Crippen LogP contribution in [0.25, 0.3) is 11.1 Å². The van der Waals surface area contributed by atoms with Gasteiger partial charge in [-0.15, -0.1) is 0 Å². The molecule has 0 unspecified atom stereocenters. The Labute approximate surface area is 207 Å². The number of nitrogens with zero attached hydrogens (tertiary/aromatic N) is 2. The van der Waals surface area contributed by atoms with Crippen LogP contribution in [-0.2, 0) is 19.4 Å². The Bertz CT molecular complexity index is 1220. The van der Waals surface area contributed by atoms with Crippen LogP contribution in [0, 0.1) is 11.3 Å². The van der Waals surface area contributed by atoms with Crippen LogP contribution in [-0.4, -0.2) is 12.1 Å². The molecule has 4 rings (SSSR count). The summed E-state index contributed by atoms with van der Waals surface area (Å²) in [5, 5.41) is 10.6. The maximum Gasteiger partial charge on any atom is 0.142 e. The van der Waals surface area contributed by atoms with Gasteiger partial charge < -0.3 is 15.2 Å². The van der Waals surface area contributed by atoms with Crippen LogP contribution in [0.4, 0.5) is 5.82 Å². The maximum atomic E-state index is 9.93. The van der Waals surface area contributed by atoms with E-state index >= 15 is 0 Å². The average Bonchev–Trinajstić information content (AvgIpc) is 2.79. The van der Waals surface area contributed by atoms with Gasteiger partial charge in [0.2, 0.25) is 0 Å². The number of nitriles is 1. The lowest BCUT2D eigenvalue weighted by Gasteiger charge is -2.20. The molecular formula is C26H25BrClN3O2. The van der Waals surface area contributed by atoms with E-state index in [0.29, 0.717) is 34.5 Å². The first-order valence-electron chi connectivity index (χ1n) is 11.0. The van der Waals surface area contributed by atoms with Crippen molar-refractivity contribution in [2.45, 2.75) is 45.1 Å². The number of fused-ring (bicyclic) bond motifs is 1. The molecule has 1 aliphatic rings. The van der Waals surface area contributed by atoms with Crippen molar-refractivity contribution in [2.75, 3.05) is 12.8 Å². The minimum atomic E-state index is 0.294. The Morgan fingerprint density at radius 1 is 1.09 bits per heavy atom. The van der Waals surface area contributed by atoms with Crippen molar-refractivity contribution >= 4 is 33.3 Å². The number of pyridine rings is 1. The fraction of sp³-hybridized carbons (Fsp3) is 0.308. The molecule has 3 aromatic rings. The van der Waals surface area contributed by atoms with Gasteiger partial charge in [0.15, 0.2) is 0 Å². The van der Waals surface area contributed by atoms with E-state index in [9.17, 15) is 5.26 Å². The molecule has 0 saturated carbocycles. The lowest BCUT2D eigenvalue weighted by molar-refractivity contribution is 0.295. The number of aromatic nitrogens is 1. The Hall–Kier alpha value is -2.75. The van der Waals surface area contributed by atoms with Crippen molar-refractivity contribution < 1.29 is 9.47 Å². The molecule has 2 N–H and O–H groups in total. The Kier molecular flexibility index (Phi) is 7.42. The molecule has 0 aliphatic heterocycles. The predicted molar refractivity (Wildman–Crippen MR) is 135 cm³/mol. The van der Waals surface area contributed by atoms with Crippen molar-refractivity contribution in [3.05, 3.63) is 68.3 Å². The second kappa shape index (κ2) is 10.5. The number of halogens is 2. The number of hydrogen-bond donors (Lipinski definition) is 1. The summed E-state index contributed by atoms with van der Waals surface area (Å²) in [5.41, 5.74) is 11.5. The van der Waals surface area contributed by atoms with Gasteiger partial charge in [-0.05, 0) is 83.1 Å². The zero-order valence-corrected chi connectivity index (χ0v) is 20.8. The summed E-state index contributed by atoms with van der Waals surface area (Å²) in [6, 6.07) is 13.6. The highest BCUT2D eigenvalue weighted by Gasteiger charge is 2.21. The van der Waals surface area contributed by atoms with Crippen LogP contribution < -0.4 is 15.2 Å². The third kappa shape index (κ3) is 5.10. The molecule has 5 nitrogen and oxygen atoms in total. The second-order valence-electron chi connectivity index (χ2n) is 8.09. The van der Waals surface area contributed by atoms with Crippen LogP contribution in [0.1, 0.15) is 48.1 Å². The lowest BCUT2D eigenvalue weighted by Crippen LogP contribution is -2.10. The van der Waals surface area contributed by atoms with E-state index in [1.165, 1.54) is 12.8 Å². The van der Waals surface area contributed by atoms with Crippen molar-refractivity contribution in [1.29, 1.82) is 5.26 Å². The van der Waals surface area contributed by atoms with Crippen molar-refractivity contribution in [3.63, 3.8) is 0 Å². The number of nitrogens with two attached hydrogens (primary N) is 1. The largest absolute Gasteiger partial charge is 0.496 e. The number of nitrogen functional groups attached to an aromatic ring is 1. The van der Waals surface area contributed by atoms with Gasteiger partial charge in [-0.25, -0.2) is 4.98 Å². The van der Waals surface area contributed by atoms with Crippen LogP contribution in [0.5, 0.6) is 11.5 Å². The number of ether oxygens (including phenoxy) is 2. The van der Waals surface area contributed by atoms with Gasteiger partial charge >= 0.3 is 0 Å². The van der Waals surface area contributed by atoms with E-state index in [0.717, 1.165) is 58.1 Å². The normalized spacial score (nSPS) is 13.4. The molecular weight excluding hydrogens is 502 g/mol. The van der Waals surface area contributed by atoms with E-state index in [1.807, 2.05) is 24.3 Å². The van der Waals surface area contributed by atoms with Gasteiger partial charge in [0.1, 0.15) is 35.6 Å². The summed E-state index contributed by atoms with van der Waals surface area (Å²) in [4.78, 5) is 4.61. The molecule has 1 aromatic heterocycles. The number of methoxy groups -OCH3 is 1. The van der Waals surface area contributed by atoms with Gasteiger partial charge in [0.05, 0.1) is 11.6 Å². The monoisotopic (exact) mass is 525 g/mol. The molecule has 1 aliphatic carbocycles. The number of aryl methyl sites for hydroxylation is 1. The second-order valence-corrected chi connectivity index (χ2v) is 9.38. The molecule has 0 spiro atoms. The fourth-order valence-corrected chi connectivity index (χ4v) is 5.14. The Balaban J connectivity index is 1.77. The first kappa shape index (κ1) is 23.4. The predicted octanol–water partition coefficient (Wildman–Crippen LogP) is 6.86. The van der Waals surface area contributed by atoms with Crippen LogP contribution >= 0.6 is 27.5 Å². The quantitative estimate of drug-likeness (QED) is 0.392. The Morgan fingerprint density at radius 3 is 2.58 bits per heavy atom. The lowest BCUT2D eigenvalue weighted by atomic mass is 9.87. The molecule has 0 bridgehead atoms. The van der Waals surface area contributed by atoms with E-state index in [1.54, 1.807) is 19.2 Å². The highest BCUT2D eigenvalue weighted by molar-refractivity contribution is 9.10. The highest BCUT2D eigenvalue weighted by atomic mass is 79.9. The molecule has 0 radical (unpaired) electrons. The highest BCUT2D eigenvalue weighted by Crippen LogP contribution is 2.37. The minimum absolute atomic E-state index is 0.294. The zero-order chi connectivity index (χ0) is 23.4. The minimum Gasteiger partial charge on any atom is -0.496 e. The van der Waals surface area contributed by atoms with Crippen LogP contribution in [0.2, 0.25) is 5.02 Å². The molecule has 0 fully saturated rings. The molecule has 2 aromatic carbocycles. The van der Waals surface area contributed by atoms with Gasteiger partial charge in [-0.2, -0.15) is 5.26 Å². The fourth-order valence-electron chi connectivity index (χ4n) is 4.34. The molecule has 1 heterocycles. The van der Waals surface area contributed by atoms with Crippen LogP contribution in [0.15, 0.2) is 40.9 Å². The zero-order valence-electron chi connectivity index (χ0n) is 18.5. The van der Waals surface area contributed by atoms with E-state index in [-0.39, 0.29) is 0 Å².